The van der Waals surface area contributed by atoms with Crippen molar-refractivity contribution in [3.8, 4) is 0 Å². The second-order valence-corrected chi connectivity index (χ2v) is 6.98. The summed E-state index contributed by atoms with van der Waals surface area (Å²) in [7, 11) is 0. The van der Waals surface area contributed by atoms with Gasteiger partial charge in [-0.05, 0) is 48.7 Å². The van der Waals surface area contributed by atoms with Gasteiger partial charge in [0.2, 0.25) is 0 Å². The van der Waals surface area contributed by atoms with E-state index in [1.807, 2.05) is 0 Å². The number of aromatic nitrogens is 2. The van der Waals surface area contributed by atoms with Gasteiger partial charge in [-0.25, -0.2) is 4.52 Å². The number of amides is 1. The summed E-state index contributed by atoms with van der Waals surface area (Å²) < 4.78 is 41.3. The van der Waals surface area contributed by atoms with Gasteiger partial charge in [0.1, 0.15) is 0 Å². The molecule has 0 radical (unpaired) electrons. The maximum absolute atomic E-state index is 13.3. The van der Waals surface area contributed by atoms with Gasteiger partial charge in [0.05, 0.1) is 22.1 Å². The van der Waals surface area contributed by atoms with Crippen LogP contribution in [0.1, 0.15) is 40.1 Å². The maximum Gasteiger partial charge on any atom is 0.416 e. The van der Waals surface area contributed by atoms with E-state index in [4.69, 9.17) is 11.6 Å². The second kappa shape index (κ2) is 6.27. The molecule has 1 aromatic carbocycles. The Morgan fingerprint density at radius 2 is 2.04 bits per heavy atom. The molecule has 4 rings (SSSR count). The summed E-state index contributed by atoms with van der Waals surface area (Å²) >= 11 is 5.94. The van der Waals surface area contributed by atoms with Crippen LogP contribution in [0, 0.1) is 0 Å². The highest BCUT2D eigenvalue weighted by molar-refractivity contribution is 6.30. The first-order chi connectivity index (χ1) is 12.8. The average Bonchev–Trinajstić information content (AvgIpc) is 3.03. The van der Waals surface area contributed by atoms with E-state index in [2.05, 4.69) is 5.10 Å². The normalized spacial score (nSPS) is 17.2. The van der Waals surface area contributed by atoms with Crippen LogP contribution in [0.25, 0.3) is 5.52 Å². The van der Waals surface area contributed by atoms with Gasteiger partial charge >= 0.3 is 6.18 Å². The van der Waals surface area contributed by atoms with Crippen molar-refractivity contribution in [3.05, 3.63) is 70.0 Å². The molecule has 0 saturated heterocycles. The molecule has 1 amide bonds. The summed E-state index contributed by atoms with van der Waals surface area (Å²) in [6.45, 7) is 1.94. The summed E-state index contributed by atoms with van der Waals surface area (Å²) in [5.74, 6) is -0.314. The smallest absolute Gasteiger partial charge is 0.330 e. The lowest BCUT2D eigenvalue weighted by Crippen LogP contribution is -2.39. The van der Waals surface area contributed by atoms with E-state index in [9.17, 15) is 18.0 Å². The molecule has 0 aliphatic carbocycles. The number of benzene rings is 1. The Bertz CT molecular complexity index is 1040. The molecular weight excluding hydrogens is 379 g/mol. The first-order valence-electron chi connectivity index (χ1n) is 8.40. The van der Waals surface area contributed by atoms with Gasteiger partial charge in [-0.15, -0.1) is 0 Å². The van der Waals surface area contributed by atoms with Crippen LogP contribution in [0.4, 0.5) is 13.2 Å². The number of halogens is 4. The lowest BCUT2D eigenvalue weighted by atomic mass is 9.89. The van der Waals surface area contributed by atoms with Crippen LogP contribution in [0.15, 0.2) is 42.6 Å². The minimum atomic E-state index is -4.40. The minimum Gasteiger partial charge on any atom is -0.330 e. The number of pyridine rings is 1. The van der Waals surface area contributed by atoms with E-state index in [0.29, 0.717) is 16.1 Å². The lowest BCUT2D eigenvalue weighted by Gasteiger charge is -2.36. The number of carbonyl (C=O) groups is 1. The Labute approximate surface area is 158 Å². The molecule has 1 unspecified atom stereocenters. The van der Waals surface area contributed by atoms with Gasteiger partial charge in [-0.2, -0.15) is 18.3 Å². The zero-order chi connectivity index (χ0) is 19.3. The third kappa shape index (κ3) is 3.06. The summed E-state index contributed by atoms with van der Waals surface area (Å²) in [5, 5.41) is 4.75. The third-order valence-corrected chi connectivity index (χ3v) is 5.17. The van der Waals surface area contributed by atoms with E-state index in [1.165, 1.54) is 10.6 Å². The van der Waals surface area contributed by atoms with Crippen LogP contribution in [0.3, 0.4) is 0 Å². The lowest BCUT2D eigenvalue weighted by molar-refractivity contribution is -0.138. The molecule has 3 heterocycles. The van der Waals surface area contributed by atoms with E-state index >= 15 is 0 Å². The van der Waals surface area contributed by atoms with Crippen LogP contribution in [-0.2, 0) is 12.6 Å². The van der Waals surface area contributed by atoms with Crippen LogP contribution in [0.2, 0.25) is 5.02 Å². The Hall–Kier alpha value is -2.54. The molecule has 27 heavy (non-hydrogen) atoms. The topological polar surface area (TPSA) is 37.6 Å². The minimum absolute atomic E-state index is 0.153. The van der Waals surface area contributed by atoms with E-state index in [-0.39, 0.29) is 30.1 Å². The quantitative estimate of drug-likeness (QED) is 0.597. The molecule has 8 heteroatoms. The van der Waals surface area contributed by atoms with Crippen molar-refractivity contribution in [2.45, 2.75) is 25.6 Å². The van der Waals surface area contributed by atoms with Crippen LogP contribution in [-0.4, -0.2) is 27.0 Å². The Morgan fingerprint density at radius 1 is 1.26 bits per heavy atom. The Kier molecular flexibility index (Phi) is 4.14. The first-order valence-corrected chi connectivity index (χ1v) is 8.78. The van der Waals surface area contributed by atoms with Gasteiger partial charge in [-0.3, -0.25) is 4.79 Å². The zero-order valence-electron chi connectivity index (χ0n) is 14.3. The number of rotatable bonds is 1. The summed E-state index contributed by atoms with van der Waals surface area (Å²) in [4.78, 5) is 14.5. The molecule has 2 aromatic heterocycles. The van der Waals surface area contributed by atoms with Crippen molar-refractivity contribution in [3.63, 3.8) is 0 Å². The molecule has 1 aliphatic rings. The highest BCUT2D eigenvalue weighted by Crippen LogP contribution is 2.39. The highest BCUT2D eigenvalue weighted by Gasteiger charge is 2.38. The van der Waals surface area contributed by atoms with Crippen molar-refractivity contribution in [2.24, 2.45) is 0 Å². The van der Waals surface area contributed by atoms with Gasteiger partial charge in [0, 0.05) is 12.7 Å². The van der Waals surface area contributed by atoms with E-state index in [0.717, 1.165) is 6.07 Å². The number of hydrogen-bond acceptors (Lipinski definition) is 2. The Morgan fingerprint density at radius 3 is 2.78 bits per heavy atom. The summed E-state index contributed by atoms with van der Waals surface area (Å²) in [6, 6.07) is 8.75. The van der Waals surface area contributed by atoms with Gasteiger partial charge in [-0.1, -0.05) is 23.7 Å². The first kappa shape index (κ1) is 17.9. The molecule has 0 fully saturated rings. The maximum atomic E-state index is 13.3. The predicted molar refractivity (Wildman–Crippen MR) is 94.8 cm³/mol. The van der Waals surface area contributed by atoms with Crippen LogP contribution >= 0.6 is 11.6 Å². The fraction of sp³-hybridized carbons (Fsp3) is 0.263. The van der Waals surface area contributed by atoms with Crippen molar-refractivity contribution >= 4 is 23.0 Å². The molecule has 0 bridgehead atoms. The third-order valence-electron chi connectivity index (χ3n) is 4.94. The van der Waals surface area contributed by atoms with Crippen molar-refractivity contribution in [2.75, 3.05) is 6.54 Å². The molecule has 0 spiro atoms. The van der Waals surface area contributed by atoms with Crippen molar-refractivity contribution < 1.29 is 18.0 Å². The van der Waals surface area contributed by atoms with Crippen LogP contribution < -0.4 is 0 Å². The monoisotopic (exact) mass is 393 g/mol. The van der Waals surface area contributed by atoms with Crippen molar-refractivity contribution in [1.82, 2.24) is 14.5 Å². The molecule has 140 valence electrons. The molecule has 4 nitrogen and oxygen atoms in total. The fourth-order valence-electron chi connectivity index (χ4n) is 3.63. The predicted octanol–water partition coefficient (Wildman–Crippen LogP) is 4.77. The fourth-order valence-corrected chi connectivity index (χ4v) is 3.78. The molecule has 3 aromatic rings. The molecule has 1 atom stereocenters. The number of hydrogen-bond donors (Lipinski definition) is 0. The van der Waals surface area contributed by atoms with Gasteiger partial charge in [0.25, 0.3) is 5.91 Å². The molecule has 0 N–H and O–H groups in total. The largest absolute Gasteiger partial charge is 0.416 e. The standard InChI is InChI=1S/C19H15ClF3N3O/c1-11-14-3-2-4-16(19(21,22)23)15(14)7-8-25(11)18(27)17-9-13-6-5-12(20)10-26(13)24-17/h2-6,9-11H,7-8H2,1H3. The molecule has 1 aliphatic heterocycles. The van der Waals surface area contributed by atoms with Crippen molar-refractivity contribution in [1.29, 1.82) is 0 Å². The number of fused-ring (bicyclic) bond motifs is 2. The Balaban J connectivity index is 1.68. The van der Waals surface area contributed by atoms with Gasteiger partial charge in [0.15, 0.2) is 5.69 Å². The van der Waals surface area contributed by atoms with E-state index in [1.54, 1.807) is 42.3 Å². The SMILES string of the molecule is CC1c2cccc(C(F)(F)F)c2CCN1C(=O)c1cc2ccc(Cl)cn2n1. The summed E-state index contributed by atoms with van der Waals surface area (Å²) in [6.07, 6.45) is -2.66. The number of carbonyl (C=O) groups excluding carboxylic acids is 1. The second-order valence-electron chi connectivity index (χ2n) is 6.54. The zero-order valence-corrected chi connectivity index (χ0v) is 15.1. The van der Waals surface area contributed by atoms with E-state index < -0.39 is 17.8 Å². The average molecular weight is 394 g/mol. The molecule has 0 saturated carbocycles. The summed E-state index contributed by atoms with van der Waals surface area (Å²) in [5.41, 5.74) is 1.12. The van der Waals surface area contributed by atoms with Crippen LogP contribution in [0.5, 0.6) is 0 Å². The van der Waals surface area contributed by atoms with Gasteiger partial charge < -0.3 is 4.90 Å². The number of alkyl halides is 3. The number of nitrogens with zero attached hydrogens (tertiary/aromatic N) is 3. The highest BCUT2D eigenvalue weighted by atomic mass is 35.5. The molecular formula is C19H15ClF3N3O.